The number of amides is 1. The van der Waals surface area contributed by atoms with Crippen molar-refractivity contribution >= 4 is 11.9 Å². The van der Waals surface area contributed by atoms with Crippen molar-refractivity contribution in [3.63, 3.8) is 0 Å². The predicted molar refractivity (Wildman–Crippen MR) is 66.5 cm³/mol. The first kappa shape index (κ1) is 14.0. The van der Waals surface area contributed by atoms with Crippen LogP contribution in [0.3, 0.4) is 0 Å². The number of hydrogen-bond donors (Lipinski definition) is 2. The summed E-state index contributed by atoms with van der Waals surface area (Å²) in [5.74, 6) is -0.988. The Hall–Kier alpha value is -2.04. The molecule has 0 bridgehead atoms. The molecule has 98 valence electrons. The molecule has 1 amide bonds. The Kier molecular flexibility index (Phi) is 4.71. The van der Waals surface area contributed by atoms with Gasteiger partial charge in [0.05, 0.1) is 13.2 Å². The number of carboxylic acid groups (broad SMARTS) is 1. The van der Waals surface area contributed by atoms with Crippen molar-refractivity contribution in [1.29, 1.82) is 0 Å². The lowest BCUT2D eigenvalue weighted by molar-refractivity contribution is -0.140. The van der Waals surface area contributed by atoms with E-state index in [1.807, 2.05) is 25.1 Å². The molecule has 0 saturated heterocycles. The summed E-state index contributed by atoms with van der Waals surface area (Å²) in [6.45, 7) is 3.73. The zero-order valence-electron chi connectivity index (χ0n) is 10.7. The third-order valence-electron chi connectivity index (χ3n) is 2.54. The van der Waals surface area contributed by atoms with E-state index >= 15 is 0 Å². The molecule has 0 aliphatic rings. The second-order valence-corrected chi connectivity index (χ2v) is 4.11. The van der Waals surface area contributed by atoms with E-state index in [-0.39, 0.29) is 6.04 Å². The minimum absolute atomic E-state index is 0.299. The number of carbonyl (C=O) groups is 2. The number of methoxy groups -OCH3 is 1. The first-order valence-electron chi connectivity index (χ1n) is 5.59. The molecule has 1 atom stereocenters. The molecule has 1 unspecified atom stereocenters. The van der Waals surface area contributed by atoms with Gasteiger partial charge in [-0.05, 0) is 19.9 Å². The van der Waals surface area contributed by atoms with Gasteiger partial charge < -0.3 is 15.2 Å². The van der Waals surface area contributed by atoms with Crippen molar-refractivity contribution in [1.82, 2.24) is 5.32 Å². The smallest absolute Gasteiger partial charge is 0.312 e. The lowest BCUT2D eigenvalue weighted by atomic mass is 10.0. The number of benzene rings is 1. The number of rotatable bonds is 5. The molecule has 1 aromatic rings. The zero-order chi connectivity index (χ0) is 13.7. The van der Waals surface area contributed by atoms with Gasteiger partial charge in [0.15, 0.2) is 0 Å². The van der Waals surface area contributed by atoms with Crippen LogP contribution in [0.1, 0.15) is 30.5 Å². The van der Waals surface area contributed by atoms with Gasteiger partial charge in [0.1, 0.15) is 12.2 Å². The number of aliphatic carboxylic acids is 1. The van der Waals surface area contributed by atoms with Gasteiger partial charge in [-0.3, -0.25) is 9.59 Å². The molecule has 1 aromatic carbocycles. The molecular formula is C13H17NO4. The first-order valence-corrected chi connectivity index (χ1v) is 5.59. The van der Waals surface area contributed by atoms with Crippen molar-refractivity contribution in [3.8, 4) is 5.75 Å². The summed E-state index contributed by atoms with van der Waals surface area (Å²) in [7, 11) is 1.56. The molecule has 5 nitrogen and oxygen atoms in total. The van der Waals surface area contributed by atoms with Crippen molar-refractivity contribution in [2.45, 2.75) is 26.3 Å². The third kappa shape index (κ3) is 3.76. The second-order valence-electron chi connectivity index (χ2n) is 4.11. The maximum Gasteiger partial charge on any atom is 0.312 e. The van der Waals surface area contributed by atoms with Gasteiger partial charge in [-0.15, -0.1) is 0 Å². The molecular weight excluding hydrogens is 234 g/mol. The van der Waals surface area contributed by atoms with Crippen LogP contribution >= 0.6 is 0 Å². The maximum absolute atomic E-state index is 11.4. The Morgan fingerprint density at radius 2 is 2.11 bits per heavy atom. The van der Waals surface area contributed by atoms with Crippen LogP contribution in [0.15, 0.2) is 18.2 Å². The van der Waals surface area contributed by atoms with E-state index < -0.39 is 18.3 Å². The Balaban J connectivity index is 2.83. The number of ether oxygens (including phenoxy) is 1. The minimum Gasteiger partial charge on any atom is -0.496 e. The second kappa shape index (κ2) is 6.05. The largest absolute Gasteiger partial charge is 0.496 e. The average molecular weight is 251 g/mol. The van der Waals surface area contributed by atoms with Crippen LogP contribution in [0, 0.1) is 6.92 Å². The lowest BCUT2D eigenvalue weighted by Crippen LogP contribution is -2.28. The summed E-state index contributed by atoms with van der Waals surface area (Å²) in [5.41, 5.74) is 1.88. The van der Waals surface area contributed by atoms with Crippen LogP contribution in [0.5, 0.6) is 5.75 Å². The van der Waals surface area contributed by atoms with Crippen LogP contribution in [0.4, 0.5) is 0 Å². The van der Waals surface area contributed by atoms with Crippen molar-refractivity contribution in [3.05, 3.63) is 29.3 Å². The van der Waals surface area contributed by atoms with Crippen molar-refractivity contribution in [2.75, 3.05) is 7.11 Å². The molecule has 0 fully saturated rings. The Labute approximate surface area is 106 Å². The van der Waals surface area contributed by atoms with Crippen LogP contribution in [0.25, 0.3) is 0 Å². The van der Waals surface area contributed by atoms with Gasteiger partial charge in [0.2, 0.25) is 5.91 Å². The number of carbonyl (C=O) groups excluding carboxylic acids is 1. The molecule has 0 saturated carbocycles. The van der Waals surface area contributed by atoms with Gasteiger partial charge in [0.25, 0.3) is 0 Å². The zero-order valence-corrected chi connectivity index (χ0v) is 10.7. The molecule has 0 aliphatic heterocycles. The molecule has 5 heteroatoms. The van der Waals surface area contributed by atoms with Gasteiger partial charge in [-0.1, -0.05) is 17.7 Å². The van der Waals surface area contributed by atoms with Crippen LogP contribution in [-0.4, -0.2) is 24.1 Å². The standard InChI is InChI=1S/C13H17NO4/c1-8-4-5-11(18-3)10(6-8)9(2)14-12(15)7-13(16)17/h4-6,9H,7H2,1-3H3,(H,14,15)(H,16,17). The molecule has 0 aromatic heterocycles. The molecule has 0 heterocycles. The van der Waals surface area contributed by atoms with Crippen molar-refractivity contribution in [2.24, 2.45) is 0 Å². The fourth-order valence-electron chi connectivity index (χ4n) is 1.70. The van der Waals surface area contributed by atoms with E-state index in [1.54, 1.807) is 14.0 Å². The molecule has 18 heavy (non-hydrogen) atoms. The summed E-state index contributed by atoms with van der Waals surface area (Å²) in [4.78, 5) is 21.8. The van der Waals surface area contributed by atoms with Crippen molar-refractivity contribution < 1.29 is 19.4 Å². The fourth-order valence-corrected chi connectivity index (χ4v) is 1.70. The van der Waals surface area contributed by atoms with Crippen LogP contribution in [0.2, 0.25) is 0 Å². The fraction of sp³-hybridized carbons (Fsp3) is 0.385. The summed E-state index contributed by atoms with van der Waals surface area (Å²) < 4.78 is 5.22. The van der Waals surface area contributed by atoms with E-state index in [0.717, 1.165) is 11.1 Å². The van der Waals surface area contributed by atoms with Gasteiger partial charge in [-0.2, -0.15) is 0 Å². The summed E-state index contributed by atoms with van der Waals surface area (Å²) in [6, 6.07) is 5.34. The number of hydrogen-bond acceptors (Lipinski definition) is 3. The average Bonchev–Trinajstić information content (AvgIpc) is 2.27. The van der Waals surface area contributed by atoms with Gasteiger partial charge in [-0.25, -0.2) is 0 Å². The summed E-state index contributed by atoms with van der Waals surface area (Å²) >= 11 is 0. The number of aryl methyl sites for hydroxylation is 1. The topological polar surface area (TPSA) is 75.6 Å². The quantitative estimate of drug-likeness (QED) is 0.780. The molecule has 0 radical (unpaired) electrons. The summed E-state index contributed by atoms with van der Waals surface area (Å²) in [6.07, 6.45) is -0.529. The molecule has 0 aliphatic carbocycles. The normalized spacial score (nSPS) is 11.7. The number of nitrogens with one attached hydrogen (secondary N) is 1. The Bertz CT molecular complexity index is 456. The Morgan fingerprint density at radius 1 is 1.44 bits per heavy atom. The highest BCUT2D eigenvalue weighted by Gasteiger charge is 2.15. The first-order chi connectivity index (χ1) is 8.43. The Morgan fingerprint density at radius 3 is 2.67 bits per heavy atom. The highest BCUT2D eigenvalue weighted by Crippen LogP contribution is 2.25. The van der Waals surface area contributed by atoms with Gasteiger partial charge >= 0.3 is 5.97 Å². The van der Waals surface area contributed by atoms with E-state index in [0.29, 0.717) is 5.75 Å². The molecule has 1 rings (SSSR count). The molecule has 0 spiro atoms. The lowest BCUT2D eigenvalue weighted by Gasteiger charge is -2.17. The highest BCUT2D eigenvalue weighted by atomic mass is 16.5. The molecule has 2 N–H and O–H groups in total. The third-order valence-corrected chi connectivity index (χ3v) is 2.54. The SMILES string of the molecule is COc1ccc(C)cc1C(C)NC(=O)CC(=O)O. The maximum atomic E-state index is 11.4. The predicted octanol–water partition coefficient (Wildman–Crippen LogP) is 1.66. The van der Waals surface area contributed by atoms with Crippen LogP contribution in [-0.2, 0) is 9.59 Å². The van der Waals surface area contributed by atoms with E-state index in [1.165, 1.54) is 0 Å². The van der Waals surface area contributed by atoms with E-state index in [9.17, 15) is 9.59 Å². The summed E-state index contributed by atoms with van der Waals surface area (Å²) in [5, 5.41) is 11.2. The van der Waals surface area contributed by atoms with E-state index in [2.05, 4.69) is 5.32 Å². The van der Waals surface area contributed by atoms with Crippen LogP contribution < -0.4 is 10.1 Å². The minimum atomic E-state index is -1.14. The van der Waals surface area contributed by atoms with E-state index in [4.69, 9.17) is 9.84 Å². The highest BCUT2D eigenvalue weighted by molar-refractivity contribution is 5.93. The van der Waals surface area contributed by atoms with Gasteiger partial charge in [0, 0.05) is 5.56 Å². The number of carboxylic acids is 1. The monoisotopic (exact) mass is 251 g/mol.